The molecular weight excluding hydrogens is 360 g/mol. The van der Waals surface area contributed by atoms with Crippen molar-refractivity contribution in [3.63, 3.8) is 0 Å². The number of Topliss-reactive ketones (excluding diaryl/α,β-unsaturated/α-hetero) is 1. The number of amides is 1. The summed E-state index contributed by atoms with van der Waals surface area (Å²) in [6.07, 6.45) is -1.09. The molecule has 1 atom stereocenters. The van der Waals surface area contributed by atoms with Crippen molar-refractivity contribution in [3.05, 3.63) is 59.7 Å². The molecule has 142 valence electrons. The molecule has 2 aromatic rings. The molecular formula is C19H17F2NO5. The summed E-state index contributed by atoms with van der Waals surface area (Å²) in [6.45, 7) is -0.218. The first-order valence-electron chi connectivity index (χ1n) is 7.94. The number of ether oxygens (including phenoxy) is 2. The Bertz CT molecular complexity index is 836. The molecule has 0 fully saturated rings. The number of carbonyl (C=O) groups excluding carboxylic acids is 3. The van der Waals surface area contributed by atoms with Crippen molar-refractivity contribution >= 4 is 23.3 Å². The van der Waals surface area contributed by atoms with E-state index in [1.807, 2.05) is 0 Å². The maximum absolute atomic E-state index is 12.3. The normalized spacial score (nSPS) is 11.6. The van der Waals surface area contributed by atoms with E-state index >= 15 is 0 Å². The van der Waals surface area contributed by atoms with Crippen LogP contribution in [0.25, 0.3) is 0 Å². The van der Waals surface area contributed by atoms with Gasteiger partial charge in [0.05, 0.1) is 5.56 Å². The highest BCUT2D eigenvalue weighted by Gasteiger charge is 2.21. The number of rotatable bonds is 7. The highest BCUT2D eigenvalue weighted by molar-refractivity contribution is 6.01. The van der Waals surface area contributed by atoms with E-state index in [1.165, 1.54) is 50.2 Å². The van der Waals surface area contributed by atoms with Gasteiger partial charge in [-0.1, -0.05) is 6.07 Å². The maximum Gasteiger partial charge on any atom is 0.387 e. The van der Waals surface area contributed by atoms with Gasteiger partial charge in [0, 0.05) is 18.2 Å². The zero-order valence-corrected chi connectivity index (χ0v) is 14.6. The Morgan fingerprint density at radius 3 is 2.26 bits per heavy atom. The molecule has 0 bridgehead atoms. The third-order valence-electron chi connectivity index (χ3n) is 3.44. The summed E-state index contributed by atoms with van der Waals surface area (Å²) < 4.78 is 33.6. The predicted molar refractivity (Wildman–Crippen MR) is 93.0 cm³/mol. The number of benzene rings is 2. The van der Waals surface area contributed by atoms with Crippen LogP contribution in [-0.4, -0.2) is 30.4 Å². The van der Waals surface area contributed by atoms with Gasteiger partial charge >= 0.3 is 12.6 Å². The SMILES string of the molecule is CC(=O)Nc1cccc(C(=O)O[C@H](C)C(=O)c2ccc(OC(F)F)cc2)c1. The van der Waals surface area contributed by atoms with E-state index in [0.717, 1.165) is 0 Å². The quantitative estimate of drug-likeness (QED) is 0.588. The molecule has 0 aromatic heterocycles. The Morgan fingerprint density at radius 1 is 1.00 bits per heavy atom. The molecule has 0 aliphatic carbocycles. The van der Waals surface area contributed by atoms with Crippen LogP contribution >= 0.6 is 0 Å². The fourth-order valence-corrected chi connectivity index (χ4v) is 2.24. The van der Waals surface area contributed by atoms with E-state index in [-0.39, 0.29) is 22.8 Å². The van der Waals surface area contributed by atoms with Crippen molar-refractivity contribution in [3.8, 4) is 5.75 Å². The lowest BCUT2D eigenvalue weighted by atomic mass is 10.1. The summed E-state index contributed by atoms with van der Waals surface area (Å²) in [6, 6.07) is 11.2. The Morgan fingerprint density at radius 2 is 1.67 bits per heavy atom. The van der Waals surface area contributed by atoms with Crippen molar-refractivity contribution in [1.82, 2.24) is 0 Å². The number of alkyl halides is 2. The fourth-order valence-electron chi connectivity index (χ4n) is 2.24. The standard InChI is InChI=1S/C19H17F2NO5/c1-11(17(24)13-6-8-16(9-7-13)27-19(20)21)26-18(25)14-4-3-5-15(10-14)22-12(2)23/h3-11,19H,1-2H3,(H,22,23)/t11-/m1/s1. The number of halogens is 2. The number of hydrogen-bond acceptors (Lipinski definition) is 5. The van der Waals surface area contributed by atoms with Gasteiger partial charge in [-0.15, -0.1) is 0 Å². The summed E-state index contributed by atoms with van der Waals surface area (Å²) >= 11 is 0. The van der Waals surface area contributed by atoms with Crippen LogP contribution in [0.1, 0.15) is 34.6 Å². The summed E-state index contributed by atoms with van der Waals surface area (Å²) in [7, 11) is 0. The van der Waals surface area contributed by atoms with Crippen LogP contribution in [0, 0.1) is 0 Å². The van der Waals surface area contributed by atoms with Crippen LogP contribution in [0.3, 0.4) is 0 Å². The van der Waals surface area contributed by atoms with Gasteiger partial charge in [-0.3, -0.25) is 9.59 Å². The number of carbonyl (C=O) groups is 3. The molecule has 2 rings (SSSR count). The number of nitrogens with one attached hydrogen (secondary N) is 1. The largest absolute Gasteiger partial charge is 0.451 e. The molecule has 0 spiro atoms. The van der Waals surface area contributed by atoms with Crippen molar-refractivity contribution < 1.29 is 32.6 Å². The second-order valence-electron chi connectivity index (χ2n) is 5.58. The first-order chi connectivity index (χ1) is 12.8. The highest BCUT2D eigenvalue weighted by atomic mass is 19.3. The van der Waals surface area contributed by atoms with Gasteiger partial charge in [-0.25, -0.2) is 4.79 Å². The molecule has 6 nitrogen and oxygen atoms in total. The summed E-state index contributed by atoms with van der Waals surface area (Å²) in [5, 5.41) is 2.54. The second-order valence-corrected chi connectivity index (χ2v) is 5.58. The van der Waals surface area contributed by atoms with E-state index in [0.29, 0.717) is 5.69 Å². The molecule has 0 radical (unpaired) electrons. The van der Waals surface area contributed by atoms with Crippen molar-refractivity contribution in [1.29, 1.82) is 0 Å². The number of ketones is 1. The molecule has 0 saturated carbocycles. The molecule has 2 aromatic carbocycles. The third kappa shape index (κ3) is 5.88. The van der Waals surface area contributed by atoms with Crippen LogP contribution in [-0.2, 0) is 9.53 Å². The fraction of sp³-hybridized carbons (Fsp3) is 0.211. The van der Waals surface area contributed by atoms with Crippen molar-refractivity contribution in [2.75, 3.05) is 5.32 Å². The Labute approximate surface area is 154 Å². The average molecular weight is 377 g/mol. The summed E-state index contributed by atoms with van der Waals surface area (Å²) in [5.74, 6) is -1.60. The van der Waals surface area contributed by atoms with Gasteiger partial charge in [-0.2, -0.15) is 8.78 Å². The average Bonchev–Trinajstić information content (AvgIpc) is 2.61. The van der Waals surface area contributed by atoms with E-state index in [1.54, 1.807) is 12.1 Å². The van der Waals surface area contributed by atoms with Gasteiger partial charge in [0.15, 0.2) is 6.10 Å². The first kappa shape index (κ1) is 20.0. The number of esters is 1. The van der Waals surface area contributed by atoms with Gasteiger partial charge in [0.2, 0.25) is 11.7 Å². The Balaban J connectivity index is 2.03. The maximum atomic E-state index is 12.3. The van der Waals surface area contributed by atoms with Crippen molar-refractivity contribution in [2.45, 2.75) is 26.6 Å². The van der Waals surface area contributed by atoms with Gasteiger partial charge in [-0.05, 0) is 49.4 Å². The summed E-state index contributed by atoms with van der Waals surface area (Å²) in [4.78, 5) is 35.6. The zero-order valence-electron chi connectivity index (χ0n) is 14.6. The van der Waals surface area contributed by atoms with E-state index in [9.17, 15) is 23.2 Å². The lowest BCUT2D eigenvalue weighted by Crippen LogP contribution is -2.24. The molecule has 1 N–H and O–H groups in total. The molecule has 0 aliphatic heterocycles. The molecule has 1 amide bonds. The predicted octanol–water partition coefficient (Wildman–Crippen LogP) is 3.67. The molecule has 0 heterocycles. The minimum Gasteiger partial charge on any atom is -0.451 e. The molecule has 0 aliphatic rings. The molecule has 0 saturated heterocycles. The van der Waals surface area contributed by atoms with Gasteiger partial charge in [0.25, 0.3) is 0 Å². The van der Waals surface area contributed by atoms with Crippen LogP contribution < -0.4 is 10.1 Å². The van der Waals surface area contributed by atoms with Crippen LogP contribution in [0.4, 0.5) is 14.5 Å². The highest BCUT2D eigenvalue weighted by Crippen LogP contribution is 2.18. The topological polar surface area (TPSA) is 81.7 Å². The zero-order chi connectivity index (χ0) is 20.0. The molecule has 8 heteroatoms. The Hall–Kier alpha value is -3.29. The lowest BCUT2D eigenvalue weighted by Gasteiger charge is -2.13. The van der Waals surface area contributed by atoms with Gasteiger partial charge < -0.3 is 14.8 Å². The first-order valence-corrected chi connectivity index (χ1v) is 7.94. The van der Waals surface area contributed by atoms with Crippen LogP contribution in [0.2, 0.25) is 0 Å². The van der Waals surface area contributed by atoms with Crippen LogP contribution in [0.15, 0.2) is 48.5 Å². The van der Waals surface area contributed by atoms with Gasteiger partial charge in [0.1, 0.15) is 5.75 Å². The second kappa shape index (κ2) is 8.88. The monoisotopic (exact) mass is 377 g/mol. The van der Waals surface area contributed by atoms with Crippen LogP contribution in [0.5, 0.6) is 5.75 Å². The van der Waals surface area contributed by atoms with E-state index in [4.69, 9.17) is 4.74 Å². The van der Waals surface area contributed by atoms with E-state index in [2.05, 4.69) is 10.1 Å². The summed E-state index contributed by atoms with van der Waals surface area (Å²) in [5.41, 5.74) is 0.774. The minimum atomic E-state index is -2.96. The van der Waals surface area contributed by atoms with Crippen molar-refractivity contribution in [2.24, 2.45) is 0 Å². The van der Waals surface area contributed by atoms with E-state index < -0.39 is 24.5 Å². The number of anilines is 1. The Kier molecular flexibility index (Phi) is 6.59. The molecule has 0 unspecified atom stereocenters. The smallest absolute Gasteiger partial charge is 0.387 e. The minimum absolute atomic E-state index is 0.0824. The molecule has 27 heavy (non-hydrogen) atoms. The third-order valence-corrected chi connectivity index (χ3v) is 3.44. The number of hydrogen-bond donors (Lipinski definition) is 1. The lowest BCUT2D eigenvalue weighted by molar-refractivity contribution is -0.114.